The molecule has 7 heteroatoms. The van der Waals surface area contributed by atoms with Crippen molar-refractivity contribution in [1.29, 1.82) is 0 Å². The molecule has 0 saturated carbocycles. The Morgan fingerprint density at radius 3 is 2.74 bits per heavy atom. The molecule has 0 bridgehead atoms. The number of fused-ring (bicyclic) bond motifs is 1. The minimum Gasteiger partial charge on any atom is -0.371 e. The monoisotopic (exact) mass is 363 g/mol. The molecule has 1 unspecified atom stereocenters. The lowest BCUT2D eigenvalue weighted by molar-refractivity contribution is -0.122. The van der Waals surface area contributed by atoms with Gasteiger partial charge in [0.25, 0.3) is 5.56 Å². The van der Waals surface area contributed by atoms with Crippen molar-refractivity contribution in [3.8, 4) is 0 Å². The van der Waals surface area contributed by atoms with Crippen molar-refractivity contribution >= 4 is 22.5 Å². The fraction of sp³-hybridized carbons (Fsp3) is 0.300. The van der Waals surface area contributed by atoms with Gasteiger partial charge in [-0.2, -0.15) is 0 Å². The van der Waals surface area contributed by atoms with Gasteiger partial charge in [0.15, 0.2) is 0 Å². The smallest absolute Gasteiger partial charge is 0.278 e. The van der Waals surface area contributed by atoms with Crippen LogP contribution in [0.15, 0.2) is 59.4 Å². The van der Waals surface area contributed by atoms with Gasteiger partial charge in [-0.15, -0.1) is 5.10 Å². The number of aromatic nitrogens is 3. The predicted octanol–water partition coefficient (Wildman–Crippen LogP) is 1.43. The van der Waals surface area contributed by atoms with E-state index in [4.69, 9.17) is 0 Å². The number of hydrogen-bond acceptors (Lipinski definition) is 5. The molecule has 4 rings (SSSR count). The highest BCUT2D eigenvalue weighted by Crippen LogP contribution is 2.22. The summed E-state index contributed by atoms with van der Waals surface area (Å²) in [5.41, 5.74) is 1.45. The van der Waals surface area contributed by atoms with Crippen LogP contribution in [0.1, 0.15) is 6.42 Å². The van der Waals surface area contributed by atoms with Crippen LogP contribution in [0, 0.1) is 5.92 Å². The van der Waals surface area contributed by atoms with Crippen LogP contribution < -0.4 is 15.8 Å². The van der Waals surface area contributed by atoms with E-state index in [0.717, 1.165) is 24.2 Å². The highest BCUT2D eigenvalue weighted by molar-refractivity contribution is 5.78. The lowest BCUT2D eigenvalue weighted by Gasteiger charge is -2.18. The first-order valence-corrected chi connectivity index (χ1v) is 9.10. The van der Waals surface area contributed by atoms with Gasteiger partial charge < -0.3 is 10.2 Å². The summed E-state index contributed by atoms with van der Waals surface area (Å²) in [5, 5.41) is 11.3. The summed E-state index contributed by atoms with van der Waals surface area (Å²) in [5.74, 6) is 0.174. The summed E-state index contributed by atoms with van der Waals surface area (Å²) >= 11 is 0. The molecule has 1 aliphatic rings. The molecule has 1 saturated heterocycles. The molecule has 0 spiro atoms. The second kappa shape index (κ2) is 7.57. The summed E-state index contributed by atoms with van der Waals surface area (Å²) in [7, 11) is 0. The molecule has 0 radical (unpaired) electrons. The van der Waals surface area contributed by atoms with Gasteiger partial charge in [0.05, 0.1) is 5.39 Å². The van der Waals surface area contributed by atoms with Gasteiger partial charge in [0.2, 0.25) is 5.91 Å². The molecule has 2 heterocycles. The minimum atomic E-state index is -0.299. The van der Waals surface area contributed by atoms with E-state index in [-0.39, 0.29) is 18.0 Å². The third-order valence-electron chi connectivity index (χ3n) is 4.92. The lowest BCUT2D eigenvalue weighted by atomic mass is 10.1. The number of anilines is 1. The van der Waals surface area contributed by atoms with Gasteiger partial charge in [-0.05, 0) is 36.6 Å². The average molecular weight is 363 g/mol. The van der Waals surface area contributed by atoms with Crippen molar-refractivity contribution in [3.05, 3.63) is 65.0 Å². The summed E-state index contributed by atoms with van der Waals surface area (Å²) in [6, 6.07) is 17.3. The number of carbonyl (C=O) groups is 1. The number of rotatable bonds is 5. The molecular weight excluding hydrogens is 342 g/mol. The maximum absolute atomic E-state index is 12.4. The molecule has 1 aliphatic heterocycles. The van der Waals surface area contributed by atoms with Crippen LogP contribution in [-0.4, -0.2) is 40.5 Å². The molecule has 1 amide bonds. The summed E-state index contributed by atoms with van der Waals surface area (Å²) in [4.78, 5) is 27.0. The van der Waals surface area contributed by atoms with E-state index in [2.05, 4.69) is 32.7 Å². The molecule has 2 aromatic carbocycles. The number of nitrogens with zero attached hydrogens (tertiary/aromatic N) is 4. The zero-order valence-corrected chi connectivity index (χ0v) is 14.9. The summed E-state index contributed by atoms with van der Waals surface area (Å²) < 4.78 is 1.11. The minimum absolute atomic E-state index is 0.119. The van der Waals surface area contributed by atoms with Gasteiger partial charge in [0, 0.05) is 25.3 Å². The fourth-order valence-electron chi connectivity index (χ4n) is 3.45. The molecule has 7 nitrogen and oxygen atoms in total. The Labute approximate surface area is 156 Å². The van der Waals surface area contributed by atoms with E-state index in [0.29, 0.717) is 23.4 Å². The zero-order chi connectivity index (χ0) is 18.6. The van der Waals surface area contributed by atoms with Crippen LogP contribution in [0.3, 0.4) is 0 Å². The van der Waals surface area contributed by atoms with Gasteiger partial charge >= 0.3 is 0 Å². The Kier molecular flexibility index (Phi) is 4.82. The number of nitrogens with one attached hydrogen (secondary N) is 1. The number of amides is 1. The van der Waals surface area contributed by atoms with Crippen LogP contribution in [0.25, 0.3) is 10.9 Å². The van der Waals surface area contributed by atoms with Gasteiger partial charge in [0.1, 0.15) is 12.1 Å². The third-order valence-corrected chi connectivity index (χ3v) is 4.92. The van der Waals surface area contributed by atoms with Gasteiger partial charge in [-0.3, -0.25) is 9.59 Å². The van der Waals surface area contributed by atoms with Crippen LogP contribution in [0.5, 0.6) is 0 Å². The first-order valence-electron chi connectivity index (χ1n) is 9.10. The Bertz CT molecular complexity index is 1000. The maximum atomic E-state index is 12.4. The second-order valence-electron chi connectivity index (χ2n) is 6.81. The van der Waals surface area contributed by atoms with Crippen LogP contribution >= 0.6 is 0 Å². The highest BCUT2D eigenvalue weighted by atomic mass is 16.2. The molecule has 3 aromatic rings. The van der Waals surface area contributed by atoms with E-state index in [1.165, 1.54) is 5.69 Å². The van der Waals surface area contributed by atoms with Crippen molar-refractivity contribution in [1.82, 2.24) is 20.3 Å². The predicted molar refractivity (Wildman–Crippen MR) is 104 cm³/mol. The molecule has 1 N–H and O–H groups in total. The Morgan fingerprint density at radius 2 is 1.89 bits per heavy atom. The molecule has 1 atom stereocenters. The lowest BCUT2D eigenvalue weighted by Crippen LogP contribution is -2.37. The molecule has 1 aromatic heterocycles. The largest absolute Gasteiger partial charge is 0.371 e. The van der Waals surface area contributed by atoms with Crippen molar-refractivity contribution in [2.75, 3.05) is 24.5 Å². The summed E-state index contributed by atoms with van der Waals surface area (Å²) in [6.45, 7) is 2.38. The van der Waals surface area contributed by atoms with Crippen molar-refractivity contribution in [2.24, 2.45) is 5.92 Å². The number of carbonyl (C=O) groups excluding carboxylic acids is 1. The zero-order valence-electron chi connectivity index (χ0n) is 14.9. The molecule has 27 heavy (non-hydrogen) atoms. The van der Waals surface area contributed by atoms with Gasteiger partial charge in [-0.25, -0.2) is 4.68 Å². The maximum Gasteiger partial charge on any atom is 0.278 e. The molecule has 138 valence electrons. The van der Waals surface area contributed by atoms with E-state index in [1.807, 2.05) is 18.2 Å². The number of para-hydroxylation sites is 1. The first-order chi connectivity index (χ1) is 13.2. The van der Waals surface area contributed by atoms with Crippen molar-refractivity contribution < 1.29 is 4.79 Å². The fourth-order valence-corrected chi connectivity index (χ4v) is 3.45. The molecule has 1 fully saturated rings. The highest BCUT2D eigenvalue weighted by Gasteiger charge is 2.23. The molecular formula is C20H21N5O2. The normalized spacial score (nSPS) is 16.6. The van der Waals surface area contributed by atoms with Crippen molar-refractivity contribution in [3.63, 3.8) is 0 Å². The third kappa shape index (κ3) is 3.81. The average Bonchev–Trinajstić information content (AvgIpc) is 3.19. The van der Waals surface area contributed by atoms with E-state index < -0.39 is 0 Å². The molecule has 0 aliphatic carbocycles. The Morgan fingerprint density at radius 1 is 1.11 bits per heavy atom. The topological polar surface area (TPSA) is 80.1 Å². The number of benzene rings is 2. The Balaban J connectivity index is 1.33. The standard InChI is InChI=1S/C20H21N5O2/c26-19(14-25-20(27)17-8-4-5-9-18(17)22-23-25)21-12-15-10-11-24(13-15)16-6-2-1-3-7-16/h1-9,15H,10-14H2,(H,21,26). The second-order valence-corrected chi connectivity index (χ2v) is 6.81. The van der Waals surface area contributed by atoms with E-state index >= 15 is 0 Å². The Hall–Kier alpha value is -3.22. The van der Waals surface area contributed by atoms with Crippen LogP contribution in [-0.2, 0) is 11.3 Å². The van der Waals surface area contributed by atoms with Crippen molar-refractivity contribution in [2.45, 2.75) is 13.0 Å². The van der Waals surface area contributed by atoms with Crippen LogP contribution in [0.4, 0.5) is 5.69 Å². The quantitative estimate of drug-likeness (QED) is 0.742. The van der Waals surface area contributed by atoms with E-state index in [1.54, 1.807) is 24.3 Å². The first kappa shape index (κ1) is 17.2. The van der Waals surface area contributed by atoms with Crippen LogP contribution in [0.2, 0.25) is 0 Å². The number of hydrogen-bond donors (Lipinski definition) is 1. The van der Waals surface area contributed by atoms with Gasteiger partial charge in [-0.1, -0.05) is 35.5 Å². The SMILES string of the molecule is O=C(Cn1nnc2ccccc2c1=O)NCC1CCN(c2ccccc2)C1. The summed E-state index contributed by atoms with van der Waals surface area (Å²) in [6.07, 6.45) is 1.03. The van der Waals surface area contributed by atoms with E-state index in [9.17, 15) is 9.59 Å².